The molecule has 0 saturated carbocycles. The summed E-state index contributed by atoms with van der Waals surface area (Å²) >= 11 is 3.40. The lowest BCUT2D eigenvalue weighted by molar-refractivity contribution is 0.0527. The zero-order valence-corrected chi connectivity index (χ0v) is 14.7. The molecule has 0 fully saturated rings. The number of para-hydroxylation sites is 1. The van der Waals surface area contributed by atoms with E-state index in [4.69, 9.17) is 4.74 Å². The van der Waals surface area contributed by atoms with E-state index in [1.165, 1.54) is 0 Å². The van der Waals surface area contributed by atoms with Crippen LogP contribution >= 0.6 is 15.9 Å². The van der Waals surface area contributed by atoms with Crippen molar-refractivity contribution in [2.75, 3.05) is 18.1 Å². The molecule has 0 radical (unpaired) electrons. The number of nitrogens with zero attached hydrogens (tertiary/aromatic N) is 1. The number of halogens is 1. The average molecular weight is 376 g/mol. The van der Waals surface area contributed by atoms with Gasteiger partial charge >= 0.3 is 5.97 Å². The number of esters is 1. The van der Waals surface area contributed by atoms with Gasteiger partial charge in [0.15, 0.2) is 0 Å². The summed E-state index contributed by atoms with van der Waals surface area (Å²) < 4.78 is 5.81. The highest BCUT2D eigenvalue weighted by Gasteiger charge is 2.23. The van der Waals surface area contributed by atoms with E-state index in [2.05, 4.69) is 15.9 Å². The van der Waals surface area contributed by atoms with Gasteiger partial charge in [-0.1, -0.05) is 24.3 Å². The highest BCUT2D eigenvalue weighted by atomic mass is 79.9. The van der Waals surface area contributed by atoms with Crippen LogP contribution in [0, 0.1) is 0 Å². The molecule has 2 aromatic rings. The predicted molar refractivity (Wildman–Crippen MR) is 93.9 cm³/mol. The van der Waals surface area contributed by atoms with Gasteiger partial charge in [-0.15, -0.1) is 0 Å². The Bertz CT molecular complexity index is 715. The van der Waals surface area contributed by atoms with Crippen LogP contribution < -0.4 is 4.90 Å². The number of hydrogen-bond acceptors (Lipinski definition) is 3. The standard InChI is InChI=1S/C18H18BrNO3/c1-3-20(17(21)13-9-5-7-11-15(13)19)16-12-8-6-10-14(16)18(22)23-4-2/h5-12H,3-4H2,1-2H3. The highest BCUT2D eigenvalue weighted by Crippen LogP contribution is 2.25. The molecule has 0 aromatic heterocycles. The van der Waals surface area contributed by atoms with E-state index in [-0.39, 0.29) is 12.5 Å². The van der Waals surface area contributed by atoms with Gasteiger partial charge < -0.3 is 9.64 Å². The van der Waals surface area contributed by atoms with Gasteiger partial charge in [0.25, 0.3) is 5.91 Å². The molecule has 0 saturated heterocycles. The molecule has 5 heteroatoms. The summed E-state index contributed by atoms with van der Waals surface area (Å²) in [4.78, 5) is 26.6. The minimum Gasteiger partial charge on any atom is -0.462 e. The summed E-state index contributed by atoms with van der Waals surface area (Å²) in [6.07, 6.45) is 0. The smallest absolute Gasteiger partial charge is 0.340 e. The molecular formula is C18H18BrNO3. The van der Waals surface area contributed by atoms with Crippen LogP contribution in [0.3, 0.4) is 0 Å². The fraction of sp³-hybridized carbons (Fsp3) is 0.222. The normalized spacial score (nSPS) is 10.2. The van der Waals surface area contributed by atoms with E-state index in [0.717, 1.165) is 4.47 Å². The number of anilines is 1. The van der Waals surface area contributed by atoms with Crippen LogP contribution in [-0.2, 0) is 4.74 Å². The molecule has 0 aliphatic rings. The highest BCUT2D eigenvalue weighted by molar-refractivity contribution is 9.10. The molecule has 0 aliphatic carbocycles. The molecule has 23 heavy (non-hydrogen) atoms. The predicted octanol–water partition coefficient (Wildman–Crippen LogP) is 4.29. The van der Waals surface area contributed by atoms with Gasteiger partial charge in [0.05, 0.1) is 23.4 Å². The maximum absolute atomic E-state index is 12.9. The third-order valence-electron chi connectivity index (χ3n) is 3.36. The molecule has 1 amide bonds. The first-order chi connectivity index (χ1) is 11.1. The quantitative estimate of drug-likeness (QED) is 0.732. The van der Waals surface area contributed by atoms with E-state index in [1.807, 2.05) is 25.1 Å². The topological polar surface area (TPSA) is 46.6 Å². The van der Waals surface area contributed by atoms with Gasteiger partial charge in [0.1, 0.15) is 0 Å². The Morgan fingerprint density at radius 2 is 1.61 bits per heavy atom. The van der Waals surface area contributed by atoms with Gasteiger partial charge in [-0.3, -0.25) is 4.79 Å². The minimum absolute atomic E-state index is 0.170. The monoisotopic (exact) mass is 375 g/mol. The molecule has 2 aromatic carbocycles. The molecule has 2 rings (SSSR count). The van der Waals surface area contributed by atoms with Crippen molar-refractivity contribution < 1.29 is 14.3 Å². The Kier molecular flexibility index (Phi) is 5.93. The first-order valence-corrected chi connectivity index (χ1v) is 8.22. The summed E-state index contributed by atoms with van der Waals surface area (Å²) in [6.45, 7) is 4.36. The second-order valence-electron chi connectivity index (χ2n) is 4.77. The molecule has 120 valence electrons. The van der Waals surface area contributed by atoms with Crippen molar-refractivity contribution in [1.29, 1.82) is 0 Å². The lowest BCUT2D eigenvalue weighted by Crippen LogP contribution is -2.32. The van der Waals surface area contributed by atoms with Gasteiger partial charge in [-0.2, -0.15) is 0 Å². The number of hydrogen-bond donors (Lipinski definition) is 0. The summed E-state index contributed by atoms with van der Waals surface area (Å²) in [5.74, 6) is -0.599. The lowest BCUT2D eigenvalue weighted by Gasteiger charge is -2.23. The van der Waals surface area contributed by atoms with Gasteiger partial charge in [0.2, 0.25) is 0 Å². The lowest BCUT2D eigenvalue weighted by atomic mass is 10.1. The van der Waals surface area contributed by atoms with Crippen molar-refractivity contribution in [3.05, 3.63) is 64.1 Å². The molecule has 4 nitrogen and oxygen atoms in total. The van der Waals surface area contributed by atoms with E-state index in [9.17, 15) is 9.59 Å². The number of carbonyl (C=O) groups is 2. The van der Waals surface area contributed by atoms with Crippen LogP contribution in [0.25, 0.3) is 0 Å². The minimum atomic E-state index is -0.429. The van der Waals surface area contributed by atoms with E-state index >= 15 is 0 Å². The number of carbonyl (C=O) groups excluding carboxylic acids is 2. The van der Waals surface area contributed by atoms with Crippen LogP contribution in [0.2, 0.25) is 0 Å². The zero-order valence-electron chi connectivity index (χ0n) is 13.1. The maximum Gasteiger partial charge on any atom is 0.340 e. The SMILES string of the molecule is CCOC(=O)c1ccccc1N(CC)C(=O)c1ccccc1Br. The number of rotatable bonds is 5. The van der Waals surface area contributed by atoms with Crippen molar-refractivity contribution in [3.63, 3.8) is 0 Å². The van der Waals surface area contributed by atoms with Crippen molar-refractivity contribution in [2.45, 2.75) is 13.8 Å². The fourth-order valence-electron chi connectivity index (χ4n) is 2.29. The number of ether oxygens (including phenoxy) is 1. The third kappa shape index (κ3) is 3.79. The fourth-order valence-corrected chi connectivity index (χ4v) is 2.75. The second-order valence-corrected chi connectivity index (χ2v) is 5.62. The third-order valence-corrected chi connectivity index (χ3v) is 4.05. The first-order valence-electron chi connectivity index (χ1n) is 7.42. The van der Waals surface area contributed by atoms with Crippen LogP contribution in [0.15, 0.2) is 53.0 Å². The summed E-state index contributed by atoms with van der Waals surface area (Å²) in [5, 5.41) is 0. The molecular weight excluding hydrogens is 358 g/mol. The Morgan fingerprint density at radius 3 is 2.22 bits per heavy atom. The van der Waals surface area contributed by atoms with Crippen molar-refractivity contribution in [3.8, 4) is 0 Å². The van der Waals surface area contributed by atoms with E-state index < -0.39 is 5.97 Å². The first kappa shape index (κ1) is 17.2. The number of amides is 1. The summed E-state index contributed by atoms with van der Waals surface area (Å²) in [5.41, 5.74) is 1.49. The van der Waals surface area contributed by atoms with Crippen molar-refractivity contribution in [1.82, 2.24) is 0 Å². The molecule has 0 atom stereocenters. The molecule has 0 unspecified atom stereocenters. The molecule has 0 aliphatic heterocycles. The zero-order chi connectivity index (χ0) is 16.8. The van der Waals surface area contributed by atoms with Crippen LogP contribution in [0.1, 0.15) is 34.6 Å². The molecule has 0 spiro atoms. The molecule has 0 heterocycles. The Balaban J connectivity index is 2.44. The van der Waals surface area contributed by atoms with Crippen LogP contribution in [0.4, 0.5) is 5.69 Å². The molecule has 0 N–H and O–H groups in total. The largest absolute Gasteiger partial charge is 0.462 e. The number of benzene rings is 2. The second kappa shape index (κ2) is 7.92. The summed E-state index contributed by atoms with van der Waals surface area (Å²) in [6, 6.07) is 14.2. The van der Waals surface area contributed by atoms with E-state index in [1.54, 1.807) is 42.2 Å². The Hall–Kier alpha value is -2.14. The molecule has 0 bridgehead atoms. The van der Waals surface area contributed by atoms with Gasteiger partial charge in [0, 0.05) is 11.0 Å². The van der Waals surface area contributed by atoms with Crippen molar-refractivity contribution >= 4 is 33.5 Å². The van der Waals surface area contributed by atoms with E-state index in [0.29, 0.717) is 23.4 Å². The maximum atomic E-state index is 12.9. The van der Waals surface area contributed by atoms with Crippen molar-refractivity contribution in [2.24, 2.45) is 0 Å². The van der Waals surface area contributed by atoms with Gasteiger partial charge in [-0.25, -0.2) is 4.79 Å². The summed E-state index contributed by atoms with van der Waals surface area (Å²) in [7, 11) is 0. The Morgan fingerprint density at radius 1 is 1.00 bits per heavy atom. The Labute approximate surface area is 144 Å². The van der Waals surface area contributed by atoms with Gasteiger partial charge in [-0.05, 0) is 54.0 Å². The van der Waals surface area contributed by atoms with Crippen LogP contribution in [0.5, 0.6) is 0 Å². The average Bonchev–Trinajstić information content (AvgIpc) is 2.56. The van der Waals surface area contributed by atoms with Crippen LogP contribution in [-0.4, -0.2) is 25.0 Å².